The zero-order chi connectivity index (χ0) is 30.7. The molecule has 0 bridgehead atoms. The van der Waals surface area contributed by atoms with Crippen molar-refractivity contribution in [1.82, 2.24) is 29.4 Å². The van der Waals surface area contributed by atoms with E-state index in [1.807, 2.05) is 0 Å². The van der Waals surface area contributed by atoms with Gasteiger partial charge in [-0.25, -0.2) is 19.0 Å². The summed E-state index contributed by atoms with van der Waals surface area (Å²) < 4.78 is 87.6. The Morgan fingerprint density at radius 1 is 1.07 bits per heavy atom. The number of benzene rings is 1. The first-order chi connectivity index (χ1) is 20.5. The molecule has 10 nitrogen and oxygen atoms in total. The number of fused-ring (bicyclic) bond motifs is 2. The molecule has 226 valence electrons. The molecule has 0 unspecified atom stereocenters. The van der Waals surface area contributed by atoms with Crippen LogP contribution >= 0.6 is 0 Å². The van der Waals surface area contributed by atoms with Crippen LogP contribution in [0.25, 0.3) is 27.8 Å². The molecule has 0 radical (unpaired) electrons. The molecule has 0 aliphatic heterocycles. The number of aromatic amines is 1. The maximum atomic E-state index is 15.1. The van der Waals surface area contributed by atoms with Crippen LogP contribution in [0.4, 0.5) is 32.0 Å². The van der Waals surface area contributed by atoms with Gasteiger partial charge in [0.1, 0.15) is 11.4 Å². The summed E-state index contributed by atoms with van der Waals surface area (Å²) in [5, 5.41) is 12.5. The van der Waals surface area contributed by atoms with E-state index >= 15 is 4.39 Å². The van der Waals surface area contributed by atoms with Crippen LogP contribution in [0.1, 0.15) is 24.8 Å². The Morgan fingerprint density at radius 2 is 1.88 bits per heavy atom. The van der Waals surface area contributed by atoms with Crippen LogP contribution in [0.15, 0.2) is 64.6 Å². The van der Waals surface area contributed by atoms with Gasteiger partial charge < -0.3 is 14.6 Å². The fraction of sp³-hybridized carbons (Fsp3) is 0.296. The quantitative estimate of drug-likeness (QED) is 0.206. The van der Waals surface area contributed by atoms with E-state index in [4.69, 9.17) is 0 Å². The average Bonchev–Trinajstić information content (AvgIpc) is 3.37. The number of anilines is 1. The van der Waals surface area contributed by atoms with Crippen LogP contribution < -0.4 is 16.4 Å². The van der Waals surface area contributed by atoms with E-state index in [1.165, 1.54) is 21.3 Å². The van der Waals surface area contributed by atoms with Gasteiger partial charge >= 0.3 is 12.8 Å². The minimum absolute atomic E-state index is 0.0831. The maximum absolute atomic E-state index is 15.1. The molecule has 4 aromatic heterocycles. The third-order valence-electron chi connectivity index (χ3n) is 6.71. The van der Waals surface area contributed by atoms with E-state index in [9.17, 15) is 31.5 Å². The van der Waals surface area contributed by atoms with E-state index in [0.29, 0.717) is 11.0 Å². The Bertz CT molecular complexity index is 1840. The Morgan fingerprint density at radius 3 is 2.63 bits per heavy atom. The van der Waals surface area contributed by atoms with Gasteiger partial charge in [0, 0.05) is 25.0 Å². The zero-order valence-electron chi connectivity index (χ0n) is 22.1. The Kier molecular flexibility index (Phi) is 8.47. The monoisotopic (exact) mass is 607 g/mol. The highest BCUT2D eigenvalue weighted by Crippen LogP contribution is 2.32. The number of halogens is 6. The highest BCUT2D eigenvalue weighted by molar-refractivity contribution is 5.86. The lowest BCUT2D eigenvalue weighted by Crippen LogP contribution is -2.29. The molecule has 16 heteroatoms. The van der Waals surface area contributed by atoms with Crippen LogP contribution in [0, 0.1) is 5.82 Å². The summed E-state index contributed by atoms with van der Waals surface area (Å²) in [6.45, 7) is -3.47. The number of aromatic nitrogens is 6. The highest BCUT2D eigenvalue weighted by atomic mass is 19.4. The van der Waals surface area contributed by atoms with Gasteiger partial charge in [0.2, 0.25) is 0 Å². The van der Waals surface area contributed by atoms with Crippen molar-refractivity contribution in [2.75, 3.05) is 11.9 Å². The first-order valence-electron chi connectivity index (χ1n) is 13.0. The number of pyridine rings is 2. The molecule has 43 heavy (non-hydrogen) atoms. The molecule has 0 spiro atoms. The minimum atomic E-state index is -5.00. The number of alkyl halides is 5. The average molecular weight is 608 g/mol. The summed E-state index contributed by atoms with van der Waals surface area (Å²) >= 11 is 0. The molecule has 1 aromatic carbocycles. The van der Waals surface area contributed by atoms with E-state index in [2.05, 4.69) is 25.2 Å². The molecule has 0 aliphatic rings. The lowest BCUT2D eigenvalue weighted by atomic mass is 10.1. The smallest absolute Gasteiger partial charge is 0.380 e. The van der Waals surface area contributed by atoms with Crippen LogP contribution in [0.5, 0.6) is 0 Å². The fourth-order valence-electron chi connectivity index (χ4n) is 4.70. The number of aryl methyl sites for hydroxylation is 1. The minimum Gasteiger partial charge on any atom is -0.380 e. The van der Waals surface area contributed by atoms with Crippen LogP contribution in [0.3, 0.4) is 0 Å². The summed E-state index contributed by atoms with van der Waals surface area (Å²) in [5.74, 6) is -0.554. The molecular weight excluding hydrogens is 584 g/mol. The van der Waals surface area contributed by atoms with Crippen molar-refractivity contribution >= 4 is 22.1 Å². The van der Waals surface area contributed by atoms with Gasteiger partial charge in [-0.3, -0.25) is 9.59 Å². The van der Waals surface area contributed by atoms with Gasteiger partial charge in [0.15, 0.2) is 11.5 Å². The Labute approximate surface area is 237 Å². The molecule has 0 fully saturated rings. The second-order valence-corrected chi connectivity index (χ2v) is 9.56. The largest absolute Gasteiger partial charge is 0.423 e. The van der Waals surface area contributed by atoms with Crippen molar-refractivity contribution in [3.63, 3.8) is 0 Å². The molecule has 0 saturated carbocycles. The molecule has 1 atom stereocenters. The molecule has 0 saturated heterocycles. The molecule has 5 aromatic rings. The summed E-state index contributed by atoms with van der Waals surface area (Å²) in [4.78, 5) is 29.3. The summed E-state index contributed by atoms with van der Waals surface area (Å²) in [7, 11) is 0. The van der Waals surface area contributed by atoms with E-state index in [0.717, 1.165) is 12.3 Å². The Balaban J connectivity index is 1.34. The van der Waals surface area contributed by atoms with Crippen molar-refractivity contribution in [3.05, 3.63) is 87.1 Å². The highest BCUT2D eigenvalue weighted by Gasteiger charge is 2.37. The van der Waals surface area contributed by atoms with Crippen molar-refractivity contribution < 1.29 is 31.1 Å². The van der Waals surface area contributed by atoms with Crippen molar-refractivity contribution in [2.45, 2.75) is 44.6 Å². The van der Waals surface area contributed by atoms with Gasteiger partial charge in [0.25, 0.3) is 11.1 Å². The molecular formula is C27H23F6N7O3. The lowest BCUT2D eigenvalue weighted by molar-refractivity contribution is -0.138. The standard InChI is InChI=1S/C27H23F6N7O3/c28-19-13-17-15(12-18(19)23-36-21-5-1-2-9-40(21)38-23)6-10-39(25(17)42)8-3-4-16(7-11-43-26(29)30)35-20-14-34-37-24(41)22(20)27(31,32)33/h1-2,5-6,9-10,12-14,16,26H,3-4,7-8,11H2,(H2,35,37,41)/t16-/m1/s1. The van der Waals surface area contributed by atoms with Gasteiger partial charge in [0.05, 0.1) is 29.4 Å². The van der Waals surface area contributed by atoms with Crippen molar-refractivity contribution in [1.29, 1.82) is 0 Å². The molecule has 0 aliphatic carbocycles. The summed E-state index contributed by atoms with van der Waals surface area (Å²) in [6.07, 6.45) is -0.877. The first-order valence-corrected chi connectivity index (χ1v) is 13.0. The third kappa shape index (κ3) is 6.69. The fourth-order valence-corrected chi connectivity index (χ4v) is 4.70. The molecule has 5 rings (SSSR count). The number of nitrogens with zero attached hydrogens (tertiary/aromatic N) is 5. The number of ether oxygens (including phenoxy) is 1. The maximum Gasteiger partial charge on any atom is 0.423 e. The molecule has 0 amide bonds. The second kappa shape index (κ2) is 12.2. The van der Waals surface area contributed by atoms with Gasteiger partial charge in [-0.2, -0.15) is 27.1 Å². The first kappa shape index (κ1) is 29.8. The molecule has 2 N–H and O–H groups in total. The Hall–Kier alpha value is -4.73. The van der Waals surface area contributed by atoms with E-state index in [1.54, 1.807) is 35.6 Å². The summed E-state index contributed by atoms with van der Waals surface area (Å²) in [5.41, 5.74) is -3.46. The number of hydrogen-bond acceptors (Lipinski definition) is 7. The van der Waals surface area contributed by atoms with Crippen LogP contribution in [-0.2, 0) is 17.5 Å². The second-order valence-electron chi connectivity index (χ2n) is 9.56. The summed E-state index contributed by atoms with van der Waals surface area (Å²) in [6, 6.07) is 8.56. The SMILES string of the molecule is O=c1[nH]ncc(N[C@H](CCCn2ccc3cc(-c4nc5ccccn5n4)c(F)cc3c2=O)CCOC(F)F)c1C(F)(F)F. The predicted molar refractivity (Wildman–Crippen MR) is 143 cm³/mol. The third-order valence-corrected chi connectivity index (χ3v) is 6.71. The van der Waals surface area contributed by atoms with Gasteiger partial charge in [-0.15, -0.1) is 5.10 Å². The number of hydrogen-bond donors (Lipinski definition) is 2. The number of nitrogens with one attached hydrogen (secondary N) is 2. The van der Waals surface area contributed by atoms with Gasteiger partial charge in [-0.05, 0) is 55.0 Å². The van der Waals surface area contributed by atoms with Crippen LogP contribution in [0.2, 0.25) is 0 Å². The number of rotatable bonds is 11. The molecule has 4 heterocycles. The normalized spacial score (nSPS) is 12.8. The van der Waals surface area contributed by atoms with Crippen molar-refractivity contribution in [2.24, 2.45) is 0 Å². The topological polar surface area (TPSA) is 119 Å². The van der Waals surface area contributed by atoms with E-state index < -0.39 is 53.6 Å². The predicted octanol–water partition coefficient (Wildman–Crippen LogP) is 4.84. The zero-order valence-corrected chi connectivity index (χ0v) is 22.1. The van der Waals surface area contributed by atoms with Crippen molar-refractivity contribution in [3.8, 4) is 11.4 Å². The number of H-pyrrole nitrogens is 1. The van der Waals surface area contributed by atoms with Crippen LogP contribution in [-0.4, -0.2) is 48.6 Å². The lowest BCUT2D eigenvalue weighted by Gasteiger charge is -2.22. The van der Waals surface area contributed by atoms with E-state index in [-0.39, 0.29) is 42.6 Å². The van der Waals surface area contributed by atoms with Gasteiger partial charge in [-0.1, -0.05) is 6.07 Å².